The number of benzene rings is 2. The maximum absolute atomic E-state index is 12.9. The van der Waals surface area contributed by atoms with Gasteiger partial charge in [-0.1, -0.05) is 37.8 Å². The molecule has 7 heteroatoms. The lowest BCUT2D eigenvalue weighted by atomic mass is 9.53. The van der Waals surface area contributed by atoms with Crippen LogP contribution in [0.1, 0.15) is 119 Å². The van der Waals surface area contributed by atoms with E-state index in [2.05, 4.69) is 31.8 Å². The zero-order chi connectivity index (χ0) is 35.9. The van der Waals surface area contributed by atoms with Crippen LogP contribution in [0.2, 0.25) is 0 Å². The monoisotopic (exact) mass is 690 g/mol. The van der Waals surface area contributed by atoms with E-state index >= 15 is 0 Å². The van der Waals surface area contributed by atoms with E-state index in [9.17, 15) is 24.9 Å². The predicted molar refractivity (Wildman–Crippen MR) is 192 cm³/mol. The second-order valence-electron chi connectivity index (χ2n) is 17.2. The van der Waals surface area contributed by atoms with E-state index in [-0.39, 0.29) is 10.8 Å². The third-order valence-electron chi connectivity index (χ3n) is 15.3. The molecule has 2 aromatic rings. The summed E-state index contributed by atoms with van der Waals surface area (Å²) in [5.74, 6) is 7.08. The van der Waals surface area contributed by atoms with Crippen molar-refractivity contribution in [3.8, 4) is 36.2 Å². The molecule has 6 aliphatic rings. The first-order chi connectivity index (χ1) is 24.3. The van der Waals surface area contributed by atoms with Gasteiger partial charge in [0.1, 0.15) is 22.7 Å². The molecule has 11 atom stereocenters. The number of hydrogen-bond acceptors (Lipinski definition) is 7. The van der Waals surface area contributed by atoms with Crippen LogP contribution in [0.5, 0.6) is 11.5 Å². The molecule has 0 bridgehead atoms. The van der Waals surface area contributed by atoms with Gasteiger partial charge in [-0.05, 0) is 159 Å². The van der Waals surface area contributed by atoms with Gasteiger partial charge in [-0.2, -0.15) is 0 Å². The highest BCUT2D eigenvalue weighted by Crippen LogP contribution is 2.65. The Morgan fingerprint density at radius 2 is 1.22 bits per heavy atom. The number of aliphatic hydroxyl groups excluding tert-OH is 1. The highest BCUT2D eigenvalue weighted by molar-refractivity contribution is 5.84. The van der Waals surface area contributed by atoms with Gasteiger partial charge < -0.3 is 24.8 Å². The van der Waals surface area contributed by atoms with E-state index in [1.54, 1.807) is 12.1 Å². The number of ether oxygens (including phenoxy) is 2. The first-order valence-corrected chi connectivity index (χ1v) is 19.1. The Hall–Kier alpha value is -3.62. The largest absolute Gasteiger partial charge is 0.426 e. The Morgan fingerprint density at radius 1 is 0.745 bits per heavy atom. The van der Waals surface area contributed by atoms with Gasteiger partial charge in [-0.15, -0.1) is 12.8 Å². The van der Waals surface area contributed by atoms with Gasteiger partial charge in [0.25, 0.3) is 0 Å². The van der Waals surface area contributed by atoms with Crippen molar-refractivity contribution in [2.75, 3.05) is 0 Å². The summed E-state index contributed by atoms with van der Waals surface area (Å²) >= 11 is 0. The summed E-state index contributed by atoms with van der Waals surface area (Å²) in [6, 6.07) is 11.5. The predicted octanol–water partition coefficient (Wildman–Crippen LogP) is 6.39. The molecule has 0 saturated heterocycles. The van der Waals surface area contributed by atoms with Crippen molar-refractivity contribution in [3.05, 3.63) is 58.7 Å². The Morgan fingerprint density at radius 3 is 1.69 bits per heavy atom. The summed E-state index contributed by atoms with van der Waals surface area (Å²) in [7, 11) is 0. The van der Waals surface area contributed by atoms with Crippen LogP contribution in [-0.2, 0) is 22.4 Å². The van der Waals surface area contributed by atoms with E-state index in [1.165, 1.54) is 11.1 Å². The number of esters is 2. The first-order valence-electron chi connectivity index (χ1n) is 19.1. The average molecular weight is 691 g/mol. The van der Waals surface area contributed by atoms with Crippen LogP contribution in [-0.4, -0.2) is 44.6 Å². The summed E-state index contributed by atoms with van der Waals surface area (Å²) in [5, 5.41) is 33.1. The number of terminal acetylenes is 2. The minimum atomic E-state index is -1.66. The number of carbonyl (C=O) groups is 2. The van der Waals surface area contributed by atoms with Gasteiger partial charge in [0.15, 0.2) is 6.10 Å². The van der Waals surface area contributed by atoms with Crippen molar-refractivity contribution in [3.63, 3.8) is 0 Å². The molecule has 0 radical (unpaired) electrons. The Bertz CT molecular complexity index is 1850. The van der Waals surface area contributed by atoms with Gasteiger partial charge >= 0.3 is 11.9 Å². The molecule has 8 rings (SSSR count). The topological polar surface area (TPSA) is 113 Å². The van der Waals surface area contributed by atoms with Crippen molar-refractivity contribution in [2.45, 2.75) is 126 Å². The molecule has 0 spiro atoms. The number of aryl methyl sites for hydroxylation is 2. The first kappa shape index (κ1) is 34.5. The van der Waals surface area contributed by atoms with Crippen molar-refractivity contribution >= 4 is 11.9 Å². The van der Waals surface area contributed by atoms with Crippen molar-refractivity contribution in [1.82, 2.24) is 0 Å². The van der Waals surface area contributed by atoms with Crippen molar-refractivity contribution in [2.24, 2.45) is 34.5 Å². The molecule has 7 nitrogen and oxygen atoms in total. The lowest BCUT2D eigenvalue weighted by Gasteiger charge is -2.52. The Labute approximate surface area is 301 Å². The van der Waals surface area contributed by atoms with Crippen LogP contribution in [0.25, 0.3) is 0 Å². The van der Waals surface area contributed by atoms with Crippen LogP contribution in [0.3, 0.4) is 0 Å². The molecule has 6 aliphatic carbocycles. The fourth-order valence-electron chi connectivity index (χ4n) is 12.3. The van der Waals surface area contributed by atoms with Crippen molar-refractivity contribution in [1.29, 1.82) is 0 Å². The molecular weight excluding hydrogens is 640 g/mol. The molecule has 3 N–H and O–H groups in total. The maximum Gasteiger partial charge on any atom is 0.340 e. The minimum absolute atomic E-state index is 0.256. The number of carbonyl (C=O) groups excluding carboxylic acids is 2. The van der Waals surface area contributed by atoms with E-state index in [4.69, 9.17) is 22.3 Å². The standard InChI is InChI=1S/C44H50O7/c1-5-43(48)21-17-36-34-11-7-26-23-28(9-13-30(26)32(34)15-19-41(36,43)3)50-39(46)25-38(45)40(47)51-29-10-14-31-27(24-29)8-12-35-33(31)16-20-42(4)37(35)18-22-44(42,49)6-2/h1-2,9-10,13-14,23-24,32-38,45,48-49H,7-8,11-12,15-22,25H2,3-4H3/t32?,33?,34?,35?,36?,37?,38?,41-,42-,43-,44-/m0/s1. The zero-order valence-corrected chi connectivity index (χ0v) is 29.8. The summed E-state index contributed by atoms with van der Waals surface area (Å²) in [6.07, 6.45) is 20.0. The van der Waals surface area contributed by atoms with Gasteiger partial charge in [-0.3, -0.25) is 4.79 Å². The molecule has 0 aliphatic heterocycles. The van der Waals surface area contributed by atoms with Crippen LogP contribution < -0.4 is 9.47 Å². The molecule has 0 heterocycles. The summed E-state index contributed by atoms with van der Waals surface area (Å²) < 4.78 is 11.2. The Balaban J connectivity index is 0.869. The second-order valence-corrected chi connectivity index (χ2v) is 17.2. The lowest BCUT2D eigenvalue weighted by molar-refractivity contribution is -0.149. The summed E-state index contributed by atoms with van der Waals surface area (Å²) in [4.78, 5) is 25.7. The van der Waals surface area contributed by atoms with E-state index in [0.717, 1.165) is 75.3 Å². The van der Waals surface area contributed by atoms with Crippen LogP contribution in [0.4, 0.5) is 0 Å². The molecule has 268 valence electrons. The molecule has 4 fully saturated rings. The van der Waals surface area contributed by atoms with Gasteiger partial charge in [0.2, 0.25) is 0 Å². The van der Waals surface area contributed by atoms with E-state index < -0.39 is 35.7 Å². The fraction of sp³-hybridized carbons (Fsp3) is 0.591. The minimum Gasteiger partial charge on any atom is -0.426 e. The molecule has 4 saturated carbocycles. The number of hydrogen-bond donors (Lipinski definition) is 3. The molecule has 51 heavy (non-hydrogen) atoms. The smallest absolute Gasteiger partial charge is 0.340 e. The third kappa shape index (κ3) is 5.21. The van der Waals surface area contributed by atoms with Crippen LogP contribution in [0, 0.1) is 59.2 Å². The Kier molecular flexibility index (Phi) is 8.26. The number of rotatable bonds is 5. The summed E-state index contributed by atoms with van der Waals surface area (Å²) in [5.41, 5.74) is 2.27. The average Bonchev–Trinajstić information content (AvgIpc) is 3.56. The normalized spacial score (nSPS) is 39.4. The zero-order valence-electron chi connectivity index (χ0n) is 29.8. The lowest BCUT2D eigenvalue weighted by Crippen LogP contribution is -2.50. The van der Waals surface area contributed by atoms with Gasteiger partial charge in [0.05, 0.1) is 6.42 Å². The highest BCUT2D eigenvalue weighted by Gasteiger charge is 2.62. The SMILES string of the molecule is C#C[C@]1(O)CCC2C3CCc4cc(OC(=O)CC(O)C(=O)Oc5ccc6c(c5)CCC5C6CC[C@@]6(C)C5CC[C@@]6(O)C#C)ccc4C3CC[C@@]21C. The van der Waals surface area contributed by atoms with Crippen LogP contribution >= 0.6 is 0 Å². The quantitative estimate of drug-likeness (QED) is 0.189. The number of aliphatic hydroxyl groups is 3. The number of fused-ring (bicyclic) bond motifs is 10. The second kappa shape index (κ2) is 12.2. The molecular formula is C44H50O7. The highest BCUT2D eigenvalue weighted by atomic mass is 16.6. The molecule has 7 unspecified atom stereocenters. The molecule has 2 aromatic carbocycles. The van der Waals surface area contributed by atoms with E-state index in [1.807, 2.05) is 18.2 Å². The van der Waals surface area contributed by atoms with Crippen LogP contribution in [0.15, 0.2) is 36.4 Å². The third-order valence-corrected chi connectivity index (χ3v) is 15.3. The fourth-order valence-corrected chi connectivity index (χ4v) is 12.3. The molecule has 0 amide bonds. The van der Waals surface area contributed by atoms with Gasteiger partial charge in [-0.25, -0.2) is 4.79 Å². The summed E-state index contributed by atoms with van der Waals surface area (Å²) in [6.45, 7) is 4.35. The maximum atomic E-state index is 12.9. The molecule has 0 aromatic heterocycles. The van der Waals surface area contributed by atoms with Gasteiger partial charge in [0, 0.05) is 10.8 Å². The van der Waals surface area contributed by atoms with E-state index in [0.29, 0.717) is 59.8 Å². The van der Waals surface area contributed by atoms with Crippen molar-refractivity contribution < 1.29 is 34.4 Å².